The average Bonchev–Trinajstić information content (AvgIpc) is 3.44. The van der Waals surface area contributed by atoms with Gasteiger partial charge in [-0.15, -0.1) is 0 Å². The van der Waals surface area contributed by atoms with Gasteiger partial charge in [0.1, 0.15) is 23.1 Å². The van der Waals surface area contributed by atoms with Gasteiger partial charge in [0.2, 0.25) is 0 Å². The second-order valence-corrected chi connectivity index (χ2v) is 11.1. The Morgan fingerprint density at radius 3 is 2.39 bits per heavy atom. The molecule has 12 heteroatoms. The normalized spacial score (nSPS) is 19.1. The molecular formula is C24H24F5N5OS. The third kappa shape index (κ3) is 4.64. The van der Waals surface area contributed by atoms with Gasteiger partial charge < -0.3 is 9.30 Å². The van der Waals surface area contributed by atoms with Crippen molar-refractivity contribution < 1.29 is 24.2 Å². The van der Waals surface area contributed by atoms with Crippen LogP contribution in [-0.4, -0.2) is 40.7 Å². The van der Waals surface area contributed by atoms with E-state index >= 15 is 0 Å². The largest absolute Gasteiger partial charge is 0.495 e. The Balaban J connectivity index is 1.39. The Morgan fingerprint density at radius 2 is 1.75 bits per heavy atom. The summed E-state index contributed by atoms with van der Waals surface area (Å²) in [4.78, 5) is 6.95. The van der Waals surface area contributed by atoms with Gasteiger partial charge in [0.15, 0.2) is 0 Å². The lowest BCUT2D eigenvalue weighted by atomic mass is 10.0. The van der Waals surface area contributed by atoms with Crippen LogP contribution in [0.2, 0.25) is 0 Å². The van der Waals surface area contributed by atoms with E-state index in [0.717, 1.165) is 47.5 Å². The maximum atomic E-state index is 13.1. The molecule has 0 bridgehead atoms. The molecule has 2 aliphatic heterocycles. The zero-order valence-electron chi connectivity index (χ0n) is 19.5. The molecule has 0 atom stereocenters. The number of amidine groups is 1. The van der Waals surface area contributed by atoms with E-state index in [1.165, 1.54) is 0 Å². The molecular weight excluding hydrogens is 501 g/mol. The Morgan fingerprint density at radius 1 is 1.00 bits per heavy atom. The number of fused-ring (bicyclic) bond motifs is 1. The first-order valence-electron chi connectivity index (χ1n) is 11.2. The van der Waals surface area contributed by atoms with Gasteiger partial charge in [0, 0.05) is 12.7 Å². The zero-order valence-corrected chi connectivity index (χ0v) is 20.4. The van der Waals surface area contributed by atoms with Crippen LogP contribution in [-0.2, 0) is 0 Å². The number of aryl methyl sites for hydroxylation is 1. The van der Waals surface area contributed by atoms with E-state index in [9.17, 15) is 19.4 Å². The van der Waals surface area contributed by atoms with Crippen LogP contribution < -0.4 is 9.75 Å². The molecule has 1 fully saturated rings. The quantitative estimate of drug-likeness (QED) is 0.333. The number of aliphatic imine (C=N–C) groups is 1. The highest BCUT2D eigenvalue weighted by atomic mass is 32.5. The van der Waals surface area contributed by atoms with Crippen molar-refractivity contribution in [3.8, 4) is 11.4 Å². The molecule has 0 amide bonds. The fraction of sp³-hybridized carbons (Fsp3) is 0.250. The van der Waals surface area contributed by atoms with Crippen LogP contribution in [0.25, 0.3) is 11.8 Å². The second-order valence-electron chi connectivity index (χ2n) is 8.74. The number of hydrogen-bond acceptors (Lipinski definition) is 5. The van der Waals surface area contributed by atoms with Crippen molar-refractivity contribution >= 4 is 27.8 Å². The summed E-state index contributed by atoms with van der Waals surface area (Å²) < 4.78 is 72.9. The Kier molecular flexibility index (Phi) is 5.19. The molecule has 3 aromatic rings. The highest BCUT2D eigenvalue weighted by Gasteiger charge is 2.65. The SMILES string of the molecule is COc1cc(/C=C2\CCCN3C2=NCN3c2ccc(S(F)(F)(F)(F)F)cc2)ccc1-n1cnc(C)c1. The zero-order chi connectivity index (χ0) is 25.8. The standard InChI is InChI=1S/C24H24F5N5OS/c1-17-14-32(15-30-17)22-10-5-18(13-23(22)35-2)12-19-4-3-11-33-24(19)31-16-34(33)20-6-8-21(9-7-20)36(25,26,27,28)29/h5-10,12-15H,3-4,11,16H2,1-2H3/b19-12+. The lowest BCUT2D eigenvalue weighted by Crippen LogP contribution is -2.45. The monoisotopic (exact) mass is 525 g/mol. The number of ether oxygens (including phenoxy) is 1. The van der Waals surface area contributed by atoms with E-state index in [1.54, 1.807) is 18.4 Å². The molecule has 0 N–H and O–H groups in total. The average molecular weight is 526 g/mol. The van der Waals surface area contributed by atoms with E-state index in [0.29, 0.717) is 36.0 Å². The van der Waals surface area contributed by atoms with Gasteiger partial charge >= 0.3 is 10.2 Å². The van der Waals surface area contributed by atoms with E-state index in [2.05, 4.69) is 9.98 Å². The Bertz CT molecular complexity index is 1380. The fourth-order valence-electron chi connectivity index (χ4n) is 4.42. The van der Waals surface area contributed by atoms with Crippen molar-refractivity contribution in [2.75, 3.05) is 25.3 Å². The molecule has 1 saturated heterocycles. The fourth-order valence-corrected chi connectivity index (χ4v) is 5.07. The van der Waals surface area contributed by atoms with Crippen LogP contribution in [0.5, 0.6) is 5.75 Å². The minimum Gasteiger partial charge on any atom is -0.495 e. The second kappa shape index (κ2) is 7.73. The molecule has 0 saturated carbocycles. The summed E-state index contributed by atoms with van der Waals surface area (Å²) in [5.74, 6) is 1.39. The number of benzene rings is 2. The van der Waals surface area contributed by atoms with Gasteiger partial charge in [-0.2, -0.15) is 0 Å². The number of imidazole rings is 1. The number of nitrogens with zero attached hydrogens (tertiary/aromatic N) is 5. The molecule has 5 rings (SSSR count). The van der Waals surface area contributed by atoms with Crippen molar-refractivity contribution in [3.63, 3.8) is 0 Å². The summed E-state index contributed by atoms with van der Waals surface area (Å²) in [6.07, 6.45) is 7.21. The van der Waals surface area contributed by atoms with Gasteiger partial charge in [-0.05, 0) is 73.4 Å². The van der Waals surface area contributed by atoms with Crippen LogP contribution in [0.4, 0.5) is 25.1 Å². The molecule has 2 aromatic carbocycles. The van der Waals surface area contributed by atoms with Gasteiger partial charge in [-0.3, -0.25) is 10.0 Å². The first kappa shape index (κ1) is 24.2. The van der Waals surface area contributed by atoms with Crippen molar-refractivity contribution in [1.82, 2.24) is 14.6 Å². The van der Waals surface area contributed by atoms with Crippen LogP contribution >= 0.6 is 10.2 Å². The number of hydrazine groups is 1. The van der Waals surface area contributed by atoms with E-state index in [1.807, 2.05) is 47.0 Å². The first-order chi connectivity index (χ1) is 16.8. The first-order valence-corrected chi connectivity index (χ1v) is 13.1. The predicted molar refractivity (Wildman–Crippen MR) is 131 cm³/mol. The molecule has 0 unspecified atom stereocenters. The summed E-state index contributed by atoms with van der Waals surface area (Å²) >= 11 is 0. The maximum Gasteiger partial charge on any atom is 0.310 e. The molecule has 0 spiro atoms. The number of aromatic nitrogens is 2. The summed E-state index contributed by atoms with van der Waals surface area (Å²) in [5.41, 5.74) is 3.98. The third-order valence-corrected chi connectivity index (χ3v) is 7.27. The van der Waals surface area contributed by atoms with Crippen molar-refractivity contribution in [2.24, 2.45) is 4.99 Å². The van der Waals surface area contributed by atoms with Gasteiger partial charge in [0.05, 0.1) is 30.5 Å². The molecule has 3 heterocycles. The Hall–Kier alpha value is -3.54. The highest BCUT2D eigenvalue weighted by Crippen LogP contribution is 3.02. The van der Waals surface area contributed by atoms with Crippen LogP contribution in [0.1, 0.15) is 24.1 Å². The van der Waals surface area contributed by atoms with Gasteiger partial charge in [-0.1, -0.05) is 25.5 Å². The van der Waals surface area contributed by atoms with Gasteiger partial charge in [-0.25, -0.2) is 9.98 Å². The minimum absolute atomic E-state index is 0.185. The molecule has 0 aliphatic carbocycles. The third-order valence-electron chi connectivity index (χ3n) is 6.11. The summed E-state index contributed by atoms with van der Waals surface area (Å²) in [6.45, 7) is 2.70. The van der Waals surface area contributed by atoms with Crippen LogP contribution in [0.15, 0.2) is 70.4 Å². The van der Waals surface area contributed by atoms with Crippen LogP contribution in [0, 0.1) is 6.92 Å². The van der Waals surface area contributed by atoms with Crippen molar-refractivity contribution in [2.45, 2.75) is 24.7 Å². The molecule has 2 aliphatic rings. The maximum absolute atomic E-state index is 13.1. The summed E-state index contributed by atoms with van der Waals surface area (Å²) in [5, 5.41) is 3.58. The Labute approximate surface area is 205 Å². The molecule has 1 aromatic heterocycles. The molecule has 192 valence electrons. The van der Waals surface area contributed by atoms with Crippen LogP contribution in [0.3, 0.4) is 0 Å². The summed E-state index contributed by atoms with van der Waals surface area (Å²) in [7, 11) is -8.12. The number of hydrogen-bond donors (Lipinski definition) is 0. The van der Waals surface area contributed by atoms with Crippen molar-refractivity contribution in [1.29, 1.82) is 0 Å². The summed E-state index contributed by atoms with van der Waals surface area (Å²) in [6, 6.07) is 8.82. The predicted octanol–water partition coefficient (Wildman–Crippen LogP) is 7.12. The molecule has 0 radical (unpaired) electrons. The van der Waals surface area contributed by atoms with E-state index in [4.69, 9.17) is 4.74 Å². The van der Waals surface area contributed by atoms with Gasteiger partial charge in [0.25, 0.3) is 0 Å². The molecule has 6 nitrogen and oxygen atoms in total. The van der Waals surface area contributed by atoms with Crippen molar-refractivity contribution in [3.05, 3.63) is 71.8 Å². The molecule has 36 heavy (non-hydrogen) atoms. The number of piperidine rings is 1. The minimum atomic E-state index is -9.71. The number of methoxy groups -OCH3 is 1. The van der Waals surface area contributed by atoms with E-state index in [-0.39, 0.29) is 6.67 Å². The lowest BCUT2D eigenvalue weighted by Gasteiger charge is -2.41. The van der Waals surface area contributed by atoms with E-state index < -0.39 is 15.1 Å². The highest BCUT2D eigenvalue weighted by molar-refractivity contribution is 8.45. The smallest absolute Gasteiger partial charge is 0.310 e. The lowest BCUT2D eigenvalue weighted by molar-refractivity contribution is 0.363. The number of anilines is 1. The number of rotatable bonds is 5. The topological polar surface area (TPSA) is 45.9 Å². The number of halogens is 5.